The van der Waals surface area contributed by atoms with Crippen molar-refractivity contribution in [2.45, 2.75) is 37.4 Å². The third-order valence-corrected chi connectivity index (χ3v) is 7.59. The lowest BCUT2D eigenvalue weighted by atomic mass is 10.2. The average molecular weight is 399 g/mol. The van der Waals surface area contributed by atoms with Gasteiger partial charge in [-0.15, -0.1) is 0 Å². The van der Waals surface area contributed by atoms with E-state index in [1.165, 1.54) is 0 Å². The number of halogens is 3. The van der Waals surface area contributed by atoms with Gasteiger partial charge in [-0.2, -0.15) is 17.5 Å². The monoisotopic (exact) mass is 399 g/mol. The second kappa shape index (κ2) is 6.88. The SMILES string of the molecule is CC(C)CN(C1CCS(=O)(=O)C1)S(=O)(=O)c1cccc(C(F)(F)F)c1. The van der Waals surface area contributed by atoms with Gasteiger partial charge < -0.3 is 0 Å². The first-order valence-electron chi connectivity index (χ1n) is 7.72. The fraction of sp³-hybridized carbons (Fsp3) is 0.600. The predicted molar refractivity (Wildman–Crippen MR) is 87.2 cm³/mol. The van der Waals surface area contributed by atoms with Crippen LogP contribution >= 0.6 is 0 Å². The summed E-state index contributed by atoms with van der Waals surface area (Å²) in [5.74, 6) is -0.536. The lowest BCUT2D eigenvalue weighted by molar-refractivity contribution is -0.137. The predicted octanol–water partition coefficient (Wildman–Crippen LogP) is 2.54. The van der Waals surface area contributed by atoms with Crippen LogP contribution in [0.2, 0.25) is 0 Å². The Morgan fingerprint density at radius 2 is 1.92 bits per heavy atom. The van der Waals surface area contributed by atoms with Gasteiger partial charge in [-0.3, -0.25) is 0 Å². The molecule has 1 aromatic carbocycles. The summed E-state index contributed by atoms with van der Waals surface area (Å²) in [6.45, 7) is 3.56. The molecule has 1 aromatic rings. The van der Waals surface area contributed by atoms with Crippen LogP contribution in [0.5, 0.6) is 0 Å². The molecular weight excluding hydrogens is 379 g/mol. The second-order valence-electron chi connectivity index (χ2n) is 6.55. The molecule has 5 nitrogen and oxygen atoms in total. The first-order chi connectivity index (χ1) is 11.3. The van der Waals surface area contributed by atoms with Crippen molar-refractivity contribution in [2.24, 2.45) is 5.92 Å². The molecule has 2 rings (SSSR count). The Hall–Kier alpha value is -1.13. The molecule has 0 N–H and O–H groups in total. The molecule has 1 aliphatic heterocycles. The number of alkyl halides is 3. The van der Waals surface area contributed by atoms with Gasteiger partial charge in [0.1, 0.15) is 0 Å². The van der Waals surface area contributed by atoms with E-state index in [2.05, 4.69) is 0 Å². The second-order valence-corrected chi connectivity index (χ2v) is 10.7. The summed E-state index contributed by atoms with van der Waals surface area (Å²) in [5, 5.41) is 0. The molecular formula is C15H20F3NO4S2. The number of sulfonamides is 1. The Kier molecular flexibility index (Phi) is 5.56. The molecule has 0 radical (unpaired) electrons. The molecule has 1 fully saturated rings. The van der Waals surface area contributed by atoms with Gasteiger partial charge in [-0.25, -0.2) is 16.8 Å². The average Bonchev–Trinajstić information content (AvgIpc) is 2.83. The molecule has 1 heterocycles. The molecule has 0 amide bonds. The van der Waals surface area contributed by atoms with Crippen molar-refractivity contribution >= 4 is 19.9 Å². The van der Waals surface area contributed by atoms with Gasteiger partial charge in [-0.1, -0.05) is 19.9 Å². The van der Waals surface area contributed by atoms with Crippen molar-refractivity contribution in [2.75, 3.05) is 18.1 Å². The largest absolute Gasteiger partial charge is 0.416 e. The Morgan fingerprint density at radius 1 is 1.28 bits per heavy atom. The topological polar surface area (TPSA) is 71.5 Å². The van der Waals surface area contributed by atoms with Crippen LogP contribution in [0.25, 0.3) is 0 Å². The Balaban J connectivity index is 2.45. The molecule has 1 unspecified atom stereocenters. The number of rotatable bonds is 5. The van der Waals surface area contributed by atoms with Crippen LogP contribution in [0.15, 0.2) is 29.2 Å². The molecule has 10 heteroatoms. The summed E-state index contributed by atoms with van der Waals surface area (Å²) in [7, 11) is -7.58. The minimum absolute atomic E-state index is 0.0404. The van der Waals surface area contributed by atoms with Crippen LogP contribution in [0.4, 0.5) is 13.2 Å². The lowest BCUT2D eigenvalue weighted by Crippen LogP contribution is -2.43. The smallest absolute Gasteiger partial charge is 0.229 e. The summed E-state index contributed by atoms with van der Waals surface area (Å²) in [4.78, 5) is -0.479. The molecule has 0 saturated carbocycles. The van der Waals surface area contributed by atoms with Gasteiger partial charge in [0.25, 0.3) is 0 Å². The molecule has 1 saturated heterocycles. The van der Waals surface area contributed by atoms with Crippen molar-refractivity contribution in [3.8, 4) is 0 Å². The van der Waals surface area contributed by atoms with E-state index in [9.17, 15) is 30.0 Å². The van der Waals surface area contributed by atoms with Crippen molar-refractivity contribution in [3.63, 3.8) is 0 Å². The highest BCUT2D eigenvalue weighted by Gasteiger charge is 2.40. The van der Waals surface area contributed by atoms with E-state index in [0.717, 1.165) is 22.5 Å². The minimum Gasteiger partial charge on any atom is -0.229 e. The maximum absolute atomic E-state index is 12.9. The zero-order valence-electron chi connectivity index (χ0n) is 13.8. The lowest BCUT2D eigenvalue weighted by Gasteiger charge is -2.29. The summed E-state index contributed by atoms with van der Waals surface area (Å²) in [5.41, 5.74) is -1.06. The van der Waals surface area contributed by atoms with E-state index < -0.39 is 42.5 Å². The summed E-state index contributed by atoms with van der Waals surface area (Å²) in [6, 6.07) is 2.76. The van der Waals surface area contributed by atoms with Crippen LogP contribution < -0.4 is 0 Å². The number of hydrogen-bond acceptors (Lipinski definition) is 4. The van der Waals surface area contributed by atoms with Crippen LogP contribution in [0.3, 0.4) is 0 Å². The van der Waals surface area contributed by atoms with E-state index in [-0.39, 0.29) is 30.4 Å². The molecule has 142 valence electrons. The fourth-order valence-corrected chi connectivity index (χ4v) is 6.46. The standard InChI is InChI=1S/C15H20F3NO4S2/c1-11(2)9-19(13-6-7-24(20,21)10-13)25(22,23)14-5-3-4-12(8-14)15(16,17)18/h3-5,8,11,13H,6-7,9-10H2,1-2H3. The summed E-state index contributed by atoms with van der Waals surface area (Å²) >= 11 is 0. The minimum atomic E-state index is -4.66. The highest BCUT2D eigenvalue weighted by atomic mass is 32.2. The van der Waals surface area contributed by atoms with Crippen LogP contribution in [0, 0.1) is 5.92 Å². The highest BCUT2D eigenvalue weighted by molar-refractivity contribution is 7.92. The quantitative estimate of drug-likeness (QED) is 0.763. The van der Waals surface area contributed by atoms with E-state index in [1.807, 2.05) is 0 Å². The van der Waals surface area contributed by atoms with Crippen molar-refractivity contribution < 1.29 is 30.0 Å². The molecule has 0 spiro atoms. The van der Waals surface area contributed by atoms with Gasteiger partial charge in [0.15, 0.2) is 9.84 Å². The third kappa shape index (κ3) is 4.73. The molecule has 1 aliphatic rings. The molecule has 0 bridgehead atoms. The summed E-state index contributed by atoms with van der Waals surface area (Å²) < 4.78 is 88.9. The van der Waals surface area contributed by atoms with Crippen LogP contribution in [-0.2, 0) is 26.0 Å². The highest BCUT2D eigenvalue weighted by Crippen LogP contribution is 2.32. The Morgan fingerprint density at radius 3 is 2.40 bits per heavy atom. The van der Waals surface area contributed by atoms with E-state index in [1.54, 1.807) is 13.8 Å². The maximum atomic E-state index is 12.9. The van der Waals surface area contributed by atoms with Gasteiger partial charge in [0.2, 0.25) is 10.0 Å². The fourth-order valence-electron chi connectivity index (χ4n) is 2.77. The van der Waals surface area contributed by atoms with Gasteiger partial charge in [0.05, 0.1) is 22.0 Å². The normalized spacial score (nSPS) is 21.2. The van der Waals surface area contributed by atoms with Crippen molar-refractivity contribution in [1.29, 1.82) is 0 Å². The number of hydrogen-bond donors (Lipinski definition) is 0. The first kappa shape index (κ1) is 20.2. The number of sulfone groups is 1. The number of benzene rings is 1. The van der Waals surface area contributed by atoms with Crippen molar-refractivity contribution in [1.82, 2.24) is 4.31 Å². The van der Waals surface area contributed by atoms with E-state index in [0.29, 0.717) is 6.07 Å². The molecule has 25 heavy (non-hydrogen) atoms. The van der Waals surface area contributed by atoms with E-state index >= 15 is 0 Å². The Bertz CT molecular complexity index is 833. The molecule has 1 atom stereocenters. The van der Waals surface area contributed by atoms with Crippen molar-refractivity contribution in [3.05, 3.63) is 29.8 Å². The molecule has 0 aliphatic carbocycles. The van der Waals surface area contributed by atoms with Gasteiger partial charge in [0, 0.05) is 12.6 Å². The van der Waals surface area contributed by atoms with Gasteiger partial charge in [-0.05, 0) is 30.5 Å². The maximum Gasteiger partial charge on any atom is 0.416 e. The third-order valence-electron chi connectivity index (χ3n) is 3.93. The first-order valence-corrected chi connectivity index (χ1v) is 11.0. The zero-order valence-corrected chi connectivity index (χ0v) is 15.5. The van der Waals surface area contributed by atoms with Crippen LogP contribution in [-0.4, -0.2) is 45.2 Å². The van der Waals surface area contributed by atoms with Crippen LogP contribution in [0.1, 0.15) is 25.8 Å². The van der Waals surface area contributed by atoms with E-state index in [4.69, 9.17) is 0 Å². The molecule has 0 aromatic heterocycles. The zero-order chi connectivity index (χ0) is 19.0. The number of nitrogens with zero attached hydrogens (tertiary/aromatic N) is 1. The Labute approximate surface area is 145 Å². The summed E-state index contributed by atoms with van der Waals surface area (Å²) in [6.07, 6.45) is -4.52. The van der Waals surface area contributed by atoms with Gasteiger partial charge >= 0.3 is 6.18 Å².